The molecule has 1 aliphatic carbocycles. The Bertz CT molecular complexity index is 596. The van der Waals surface area contributed by atoms with E-state index in [1.807, 2.05) is 4.90 Å². The number of benzene rings is 1. The number of halogens is 2. The Kier molecular flexibility index (Phi) is 4.47. The summed E-state index contributed by atoms with van der Waals surface area (Å²) in [6.07, 6.45) is 3.11. The van der Waals surface area contributed by atoms with Gasteiger partial charge in [-0.05, 0) is 31.0 Å². The van der Waals surface area contributed by atoms with Gasteiger partial charge in [0.25, 0.3) is 5.91 Å². The van der Waals surface area contributed by atoms with E-state index in [9.17, 15) is 14.0 Å². The first-order valence-corrected chi connectivity index (χ1v) is 8.38. The number of piperazine rings is 1. The van der Waals surface area contributed by atoms with Gasteiger partial charge in [0.15, 0.2) is 0 Å². The zero-order valence-corrected chi connectivity index (χ0v) is 13.8. The topological polar surface area (TPSA) is 40.6 Å². The largest absolute Gasteiger partial charge is 0.339 e. The number of rotatable bonds is 2. The van der Waals surface area contributed by atoms with Gasteiger partial charge in [0.1, 0.15) is 5.82 Å². The van der Waals surface area contributed by atoms with Crippen LogP contribution in [0.3, 0.4) is 0 Å². The predicted molar refractivity (Wildman–Crippen MR) is 83.9 cm³/mol. The molecule has 0 aromatic heterocycles. The van der Waals surface area contributed by atoms with Gasteiger partial charge in [-0.25, -0.2) is 4.39 Å². The van der Waals surface area contributed by atoms with Crippen molar-refractivity contribution in [3.63, 3.8) is 0 Å². The third kappa shape index (κ3) is 3.02. The highest BCUT2D eigenvalue weighted by molar-refractivity contribution is 9.10. The van der Waals surface area contributed by atoms with Gasteiger partial charge >= 0.3 is 0 Å². The summed E-state index contributed by atoms with van der Waals surface area (Å²) in [6, 6.07) is 4.36. The van der Waals surface area contributed by atoms with E-state index in [0.717, 1.165) is 19.3 Å². The summed E-state index contributed by atoms with van der Waals surface area (Å²) >= 11 is 3.26. The molecule has 1 aromatic rings. The van der Waals surface area contributed by atoms with Crippen LogP contribution in [-0.4, -0.2) is 47.8 Å². The number of carbonyl (C=O) groups excluding carboxylic acids is 2. The Morgan fingerprint density at radius 1 is 1.09 bits per heavy atom. The number of hydrogen-bond donors (Lipinski definition) is 0. The first kappa shape index (κ1) is 15.5. The van der Waals surface area contributed by atoms with Crippen LogP contribution in [0.15, 0.2) is 22.7 Å². The van der Waals surface area contributed by atoms with Crippen molar-refractivity contribution in [2.75, 3.05) is 26.2 Å². The zero-order chi connectivity index (χ0) is 15.7. The van der Waals surface area contributed by atoms with Gasteiger partial charge in [0.2, 0.25) is 5.91 Å². The fraction of sp³-hybridized carbons (Fsp3) is 0.500. The highest BCUT2D eigenvalue weighted by atomic mass is 79.9. The van der Waals surface area contributed by atoms with E-state index in [1.54, 1.807) is 11.0 Å². The SMILES string of the molecule is O=C(c1cc(Br)ccc1F)N1CCN(C(=O)C2CCC2)CC1. The van der Waals surface area contributed by atoms with E-state index in [-0.39, 0.29) is 23.3 Å². The van der Waals surface area contributed by atoms with Crippen molar-refractivity contribution in [3.05, 3.63) is 34.1 Å². The van der Waals surface area contributed by atoms with Crippen LogP contribution < -0.4 is 0 Å². The van der Waals surface area contributed by atoms with Crippen LogP contribution in [0.1, 0.15) is 29.6 Å². The Morgan fingerprint density at radius 2 is 1.73 bits per heavy atom. The molecule has 0 unspecified atom stereocenters. The predicted octanol–water partition coefficient (Wildman–Crippen LogP) is 2.67. The molecule has 22 heavy (non-hydrogen) atoms. The maximum absolute atomic E-state index is 13.8. The van der Waals surface area contributed by atoms with Crippen LogP contribution in [0.4, 0.5) is 4.39 Å². The van der Waals surface area contributed by atoms with Crippen molar-refractivity contribution < 1.29 is 14.0 Å². The normalized spacial score (nSPS) is 19.0. The van der Waals surface area contributed by atoms with Crippen LogP contribution in [0.25, 0.3) is 0 Å². The second-order valence-corrected chi connectivity index (χ2v) is 6.79. The fourth-order valence-corrected chi connectivity index (χ4v) is 3.24. The van der Waals surface area contributed by atoms with Crippen LogP contribution in [0, 0.1) is 11.7 Å². The average molecular weight is 369 g/mol. The van der Waals surface area contributed by atoms with Gasteiger partial charge in [-0.3, -0.25) is 9.59 Å². The molecule has 2 amide bonds. The monoisotopic (exact) mass is 368 g/mol. The summed E-state index contributed by atoms with van der Waals surface area (Å²) in [4.78, 5) is 28.1. The smallest absolute Gasteiger partial charge is 0.256 e. The Balaban J connectivity index is 1.62. The van der Waals surface area contributed by atoms with Crippen LogP contribution in [0.5, 0.6) is 0 Å². The maximum atomic E-state index is 13.8. The number of nitrogens with zero attached hydrogens (tertiary/aromatic N) is 2. The molecule has 1 aromatic carbocycles. The Hall–Kier alpha value is -1.43. The molecular formula is C16H18BrFN2O2. The molecule has 0 atom stereocenters. The summed E-state index contributed by atoms with van der Waals surface area (Å²) in [6.45, 7) is 2.00. The molecule has 118 valence electrons. The van der Waals surface area contributed by atoms with E-state index in [1.165, 1.54) is 12.1 Å². The molecule has 1 heterocycles. The van der Waals surface area contributed by atoms with E-state index in [0.29, 0.717) is 30.7 Å². The number of carbonyl (C=O) groups is 2. The lowest BCUT2D eigenvalue weighted by Crippen LogP contribution is -2.52. The molecule has 2 fully saturated rings. The molecule has 1 saturated heterocycles. The fourth-order valence-electron chi connectivity index (χ4n) is 2.88. The van der Waals surface area contributed by atoms with Crippen LogP contribution in [-0.2, 0) is 4.79 Å². The number of hydrogen-bond acceptors (Lipinski definition) is 2. The van der Waals surface area contributed by atoms with Gasteiger partial charge in [-0.15, -0.1) is 0 Å². The van der Waals surface area contributed by atoms with Crippen molar-refractivity contribution in [1.29, 1.82) is 0 Å². The highest BCUT2D eigenvalue weighted by Crippen LogP contribution is 2.28. The third-order valence-corrected chi connectivity index (χ3v) is 4.99. The average Bonchev–Trinajstić information content (AvgIpc) is 2.47. The minimum absolute atomic E-state index is 0.0770. The standard InChI is InChI=1S/C16H18BrFN2O2/c17-12-4-5-14(18)13(10-12)16(22)20-8-6-19(7-9-20)15(21)11-2-1-3-11/h4-5,10-11H,1-3,6-9H2. The summed E-state index contributed by atoms with van der Waals surface area (Å²) in [5, 5.41) is 0. The Labute approximate surface area is 137 Å². The molecule has 2 aliphatic rings. The molecule has 1 aliphatic heterocycles. The van der Waals surface area contributed by atoms with E-state index < -0.39 is 5.82 Å². The van der Waals surface area contributed by atoms with Gasteiger partial charge in [-0.1, -0.05) is 22.4 Å². The second-order valence-electron chi connectivity index (χ2n) is 5.87. The molecule has 0 N–H and O–H groups in total. The Morgan fingerprint density at radius 3 is 2.32 bits per heavy atom. The first-order chi connectivity index (χ1) is 10.6. The van der Waals surface area contributed by atoms with E-state index in [4.69, 9.17) is 0 Å². The molecule has 6 heteroatoms. The van der Waals surface area contributed by atoms with Gasteiger partial charge < -0.3 is 9.80 Å². The van der Waals surface area contributed by atoms with Gasteiger partial charge in [0, 0.05) is 36.6 Å². The minimum atomic E-state index is -0.513. The molecule has 0 spiro atoms. The maximum Gasteiger partial charge on any atom is 0.256 e. The van der Waals surface area contributed by atoms with Crippen molar-refractivity contribution in [2.24, 2.45) is 5.92 Å². The third-order valence-electron chi connectivity index (χ3n) is 4.49. The quantitative estimate of drug-likeness (QED) is 0.804. The minimum Gasteiger partial charge on any atom is -0.339 e. The second kappa shape index (κ2) is 6.36. The van der Waals surface area contributed by atoms with Gasteiger partial charge in [-0.2, -0.15) is 0 Å². The summed E-state index contributed by atoms with van der Waals surface area (Å²) in [5.74, 6) is -0.424. The molecule has 3 rings (SSSR count). The van der Waals surface area contributed by atoms with E-state index >= 15 is 0 Å². The molecule has 1 saturated carbocycles. The molecular weight excluding hydrogens is 351 g/mol. The lowest BCUT2D eigenvalue weighted by molar-refractivity contribution is -0.139. The summed E-state index contributed by atoms with van der Waals surface area (Å²) < 4.78 is 14.5. The molecule has 0 bridgehead atoms. The summed E-state index contributed by atoms with van der Waals surface area (Å²) in [7, 11) is 0. The lowest BCUT2D eigenvalue weighted by atomic mass is 9.84. The van der Waals surface area contributed by atoms with Crippen molar-refractivity contribution in [1.82, 2.24) is 9.80 Å². The molecule has 0 radical (unpaired) electrons. The van der Waals surface area contributed by atoms with Crippen molar-refractivity contribution in [2.45, 2.75) is 19.3 Å². The van der Waals surface area contributed by atoms with E-state index in [2.05, 4.69) is 15.9 Å². The molecule has 4 nitrogen and oxygen atoms in total. The number of amides is 2. The van der Waals surface area contributed by atoms with Crippen molar-refractivity contribution >= 4 is 27.7 Å². The van der Waals surface area contributed by atoms with Crippen LogP contribution in [0.2, 0.25) is 0 Å². The first-order valence-electron chi connectivity index (χ1n) is 7.59. The van der Waals surface area contributed by atoms with Crippen molar-refractivity contribution in [3.8, 4) is 0 Å². The lowest BCUT2D eigenvalue weighted by Gasteiger charge is -2.38. The van der Waals surface area contributed by atoms with Gasteiger partial charge in [0.05, 0.1) is 5.56 Å². The summed E-state index contributed by atoms with van der Waals surface area (Å²) in [5.41, 5.74) is 0.0770. The zero-order valence-electron chi connectivity index (χ0n) is 12.2. The highest BCUT2D eigenvalue weighted by Gasteiger charge is 2.32. The van der Waals surface area contributed by atoms with Crippen LogP contribution >= 0.6 is 15.9 Å².